The number of aliphatic hydroxyl groups is 2. The summed E-state index contributed by atoms with van der Waals surface area (Å²) in [5.41, 5.74) is 0. The number of carboxylic acid groups (broad SMARTS) is 1. The first-order valence-electron chi connectivity index (χ1n) is 4.98. The molecule has 1 heterocycles. The van der Waals surface area contributed by atoms with Crippen LogP contribution in [0.2, 0.25) is 0 Å². The van der Waals surface area contributed by atoms with Crippen molar-refractivity contribution in [3.63, 3.8) is 0 Å². The molecule has 19 heavy (non-hydrogen) atoms. The molecule has 0 fully saturated rings. The van der Waals surface area contributed by atoms with Crippen LogP contribution in [0.25, 0.3) is 0 Å². The van der Waals surface area contributed by atoms with Gasteiger partial charge in [0.05, 0.1) is 32.2 Å². The molecular formula is C8H11N4NaO5S. The third kappa shape index (κ3) is 4.75. The minimum absolute atomic E-state index is 0. The van der Waals surface area contributed by atoms with E-state index in [4.69, 9.17) is 22.4 Å². The van der Waals surface area contributed by atoms with E-state index in [2.05, 4.69) is 10.4 Å². The van der Waals surface area contributed by atoms with Crippen molar-refractivity contribution < 1.29 is 54.5 Å². The predicted octanol–water partition coefficient (Wildman–Crippen LogP) is -6.27. The smallest absolute Gasteiger partial charge is 0.542 e. The van der Waals surface area contributed by atoms with Gasteiger partial charge in [0.1, 0.15) is 5.97 Å². The molecule has 1 rings (SSSR count). The van der Waals surface area contributed by atoms with Crippen molar-refractivity contribution in [1.82, 2.24) is 19.8 Å². The van der Waals surface area contributed by atoms with E-state index in [-0.39, 0.29) is 54.0 Å². The van der Waals surface area contributed by atoms with Crippen LogP contribution in [0.3, 0.4) is 0 Å². The van der Waals surface area contributed by atoms with Crippen LogP contribution in [0.15, 0.2) is 0 Å². The van der Waals surface area contributed by atoms with Gasteiger partial charge in [0.2, 0.25) is 4.77 Å². The van der Waals surface area contributed by atoms with Crippen LogP contribution in [0.4, 0.5) is 0 Å². The fourth-order valence-electron chi connectivity index (χ4n) is 1.26. The Morgan fingerprint density at radius 1 is 1.32 bits per heavy atom. The van der Waals surface area contributed by atoms with E-state index in [0.717, 1.165) is 4.68 Å². The van der Waals surface area contributed by atoms with Crippen molar-refractivity contribution in [2.24, 2.45) is 5.92 Å². The summed E-state index contributed by atoms with van der Waals surface area (Å²) in [6.07, 6.45) is 0. The number of tetrazole rings is 1. The van der Waals surface area contributed by atoms with Gasteiger partial charge in [-0.2, -0.15) is 0 Å². The largest absolute Gasteiger partial charge is 1.00 e. The second kappa shape index (κ2) is 8.51. The van der Waals surface area contributed by atoms with Gasteiger partial charge in [0.15, 0.2) is 5.78 Å². The summed E-state index contributed by atoms with van der Waals surface area (Å²) in [6, 6.07) is 0. The zero-order valence-electron chi connectivity index (χ0n) is 10.2. The summed E-state index contributed by atoms with van der Waals surface area (Å²) < 4.78 is 2.44. The first-order valence-corrected chi connectivity index (χ1v) is 5.39. The number of rotatable bonds is 7. The number of carboxylic acids is 1. The molecule has 0 saturated carbocycles. The zero-order valence-corrected chi connectivity index (χ0v) is 13.0. The quantitative estimate of drug-likeness (QED) is 0.288. The van der Waals surface area contributed by atoms with Crippen molar-refractivity contribution in [3.05, 3.63) is 4.77 Å². The Labute approximate surface area is 135 Å². The molecule has 1 unspecified atom stereocenters. The van der Waals surface area contributed by atoms with Crippen molar-refractivity contribution >= 4 is 24.0 Å². The molecule has 9 nitrogen and oxygen atoms in total. The number of carbonyl (C=O) groups is 2. The summed E-state index contributed by atoms with van der Waals surface area (Å²) >= 11 is 4.94. The zero-order chi connectivity index (χ0) is 13.7. The van der Waals surface area contributed by atoms with Crippen LogP contribution in [-0.2, 0) is 22.7 Å². The molecule has 1 aromatic heterocycles. The third-order valence-electron chi connectivity index (χ3n) is 2.20. The first-order chi connectivity index (χ1) is 8.51. The van der Waals surface area contributed by atoms with Gasteiger partial charge in [0.25, 0.3) is 0 Å². The van der Waals surface area contributed by atoms with Crippen molar-refractivity contribution in [1.29, 1.82) is 0 Å². The maximum atomic E-state index is 11.2. The summed E-state index contributed by atoms with van der Waals surface area (Å²) in [6.45, 7) is -0.930. The molecule has 0 aliphatic heterocycles. The Balaban J connectivity index is 0.00000324. The Hall–Kier alpha value is -0.650. The van der Waals surface area contributed by atoms with Gasteiger partial charge in [-0.05, 0) is 22.6 Å². The molecule has 11 heteroatoms. The molecule has 0 aliphatic carbocycles. The van der Waals surface area contributed by atoms with Gasteiger partial charge in [-0.1, -0.05) is 0 Å². The molecule has 0 saturated heterocycles. The average molecular weight is 298 g/mol. The standard InChI is InChI=1S/C8H12N4O5S.Na/c13-2-1-11-8(18)12(10-9-11)3-5(4-14)6(15)7(16)17;/h5,13-14H,1-4H2,(H,16,17);/q;+1/p-1. The maximum Gasteiger partial charge on any atom is 1.00 e. The predicted molar refractivity (Wildman–Crippen MR) is 56.5 cm³/mol. The Bertz CT molecular complexity index is 502. The Morgan fingerprint density at radius 2 is 1.89 bits per heavy atom. The van der Waals surface area contributed by atoms with Gasteiger partial charge < -0.3 is 20.1 Å². The van der Waals surface area contributed by atoms with Crippen LogP contribution >= 0.6 is 12.2 Å². The van der Waals surface area contributed by atoms with Crippen molar-refractivity contribution in [2.45, 2.75) is 13.1 Å². The van der Waals surface area contributed by atoms with E-state index in [9.17, 15) is 14.7 Å². The number of aromatic nitrogens is 4. The summed E-state index contributed by atoms with van der Waals surface area (Å²) in [7, 11) is 0. The van der Waals surface area contributed by atoms with E-state index < -0.39 is 24.3 Å². The fraction of sp³-hybridized carbons (Fsp3) is 0.625. The van der Waals surface area contributed by atoms with E-state index in [0.29, 0.717) is 0 Å². The molecule has 100 valence electrons. The minimum Gasteiger partial charge on any atom is -0.542 e. The monoisotopic (exact) mass is 298 g/mol. The molecule has 1 atom stereocenters. The van der Waals surface area contributed by atoms with Crippen LogP contribution in [0, 0.1) is 10.7 Å². The number of Topliss-reactive ketones (excluding diaryl/α,β-unsaturated/α-hetero) is 1. The van der Waals surface area contributed by atoms with Gasteiger partial charge >= 0.3 is 29.6 Å². The number of ketones is 1. The molecule has 0 spiro atoms. The first kappa shape index (κ1) is 18.4. The summed E-state index contributed by atoms with van der Waals surface area (Å²) in [5.74, 6) is -4.29. The van der Waals surface area contributed by atoms with Crippen LogP contribution in [0.5, 0.6) is 0 Å². The van der Waals surface area contributed by atoms with Crippen molar-refractivity contribution in [2.75, 3.05) is 13.2 Å². The van der Waals surface area contributed by atoms with Gasteiger partial charge in [-0.15, -0.1) is 0 Å². The number of aliphatic hydroxyl groups excluding tert-OH is 2. The number of carbonyl (C=O) groups excluding carboxylic acids is 2. The second-order valence-electron chi connectivity index (χ2n) is 3.42. The molecule has 0 radical (unpaired) electrons. The number of hydrogen-bond donors (Lipinski definition) is 2. The van der Waals surface area contributed by atoms with Crippen LogP contribution in [0.1, 0.15) is 0 Å². The van der Waals surface area contributed by atoms with Crippen LogP contribution in [-0.4, -0.2) is 55.0 Å². The normalized spacial score (nSPS) is 11.7. The Kier molecular flexibility index (Phi) is 8.22. The second-order valence-corrected chi connectivity index (χ2v) is 3.79. The summed E-state index contributed by atoms with van der Waals surface area (Å²) in [4.78, 5) is 21.6. The van der Waals surface area contributed by atoms with Crippen molar-refractivity contribution in [3.8, 4) is 0 Å². The molecule has 1 aromatic rings. The van der Waals surface area contributed by atoms with Crippen LogP contribution < -0.4 is 34.7 Å². The molecule has 0 bridgehead atoms. The molecule has 0 aromatic carbocycles. The topological polar surface area (TPSA) is 133 Å². The van der Waals surface area contributed by atoms with Gasteiger partial charge in [0, 0.05) is 0 Å². The van der Waals surface area contributed by atoms with Gasteiger partial charge in [-0.25, -0.2) is 9.36 Å². The molecule has 2 N–H and O–H groups in total. The Morgan fingerprint density at radius 3 is 2.37 bits per heavy atom. The SMILES string of the molecule is O=C([O-])C(=O)C(CO)Cn1nnn(CCO)c1=S.[Na+]. The fourth-order valence-corrected chi connectivity index (χ4v) is 1.49. The molecule has 0 aliphatic rings. The number of aliphatic carboxylic acids is 1. The van der Waals surface area contributed by atoms with Gasteiger partial charge in [-0.3, -0.25) is 4.79 Å². The average Bonchev–Trinajstić information content (AvgIpc) is 2.68. The molecular weight excluding hydrogens is 287 g/mol. The minimum atomic E-state index is -1.87. The maximum absolute atomic E-state index is 11.2. The number of nitrogens with zero attached hydrogens (tertiary/aromatic N) is 4. The number of hydrogen-bond acceptors (Lipinski definition) is 8. The summed E-state index contributed by atoms with van der Waals surface area (Å²) in [5, 5.41) is 35.3. The van der Waals surface area contributed by atoms with E-state index in [1.54, 1.807) is 0 Å². The molecule has 0 amide bonds. The van der Waals surface area contributed by atoms with E-state index in [1.807, 2.05) is 0 Å². The van der Waals surface area contributed by atoms with E-state index >= 15 is 0 Å². The third-order valence-corrected chi connectivity index (χ3v) is 2.62. The van der Waals surface area contributed by atoms with E-state index in [1.165, 1.54) is 4.68 Å².